The number of nitriles is 1. The van der Waals surface area contributed by atoms with E-state index in [1.807, 2.05) is 13.8 Å². The first-order valence-corrected chi connectivity index (χ1v) is 5.83. The monoisotopic (exact) mass is 232 g/mol. The molecular weight excluding hydrogens is 216 g/mol. The molecule has 1 fully saturated rings. The lowest BCUT2D eigenvalue weighted by molar-refractivity contribution is 0.0678. The Kier molecular flexibility index (Phi) is 3.60. The predicted molar refractivity (Wildman–Crippen MR) is 62.9 cm³/mol. The maximum Gasteiger partial charge on any atom is 0.140 e. The van der Waals surface area contributed by atoms with Gasteiger partial charge in [-0.05, 0) is 26.7 Å². The molecule has 0 bridgehead atoms. The zero-order valence-corrected chi connectivity index (χ0v) is 10.2. The number of rotatable bonds is 3. The molecule has 17 heavy (non-hydrogen) atoms. The SMILES string of the molecule is Cc1cc(OCC2CCCO2)c(C#N)c(C)n1. The number of pyridine rings is 1. The molecule has 2 rings (SSSR count). The molecule has 2 heterocycles. The summed E-state index contributed by atoms with van der Waals surface area (Å²) in [6.07, 6.45) is 2.29. The molecule has 0 aromatic carbocycles. The molecule has 1 aromatic rings. The van der Waals surface area contributed by atoms with Crippen molar-refractivity contribution in [3.05, 3.63) is 23.0 Å². The molecule has 4 heteroatoms. The van der Waals surface area contributed by atoms with Gasteiger partial charge in [-0.1, -0.05) is 0 Å². The van der Waals surface area contributed by atoms with Crippen LogP contribution in [0.4, 0.5) is 0 Å². The first-order valence-electron chi connectivity index (χ1n) is 5.83. The Hall–Kier alpha value is -1.60. The van der Waals surface area contributed by atoms with Crippen LogP contribution < -0.4 is 4.74 Å². The van der Waals surface area contributed by atoms with E-state index < -0.39 is 0 Å². The quantitative estimate of drug-likeness (QED) is 0.801. The zero-order chi connectivity index (χ0) is 12.3. The Labute approximate surface area is 101 Å². The molecule has 0 N–H and O–H groups in total. The molecule has 1 unspecified atom stereocenters. The van der Waals surface area contributed by atoms with Gasteiger partial charge >= 0.3 is 0 Å². The minimum absolute atomic E-state index is 0.162. The Bertz CT molecular complexity index is 445. The molecule has 0 spiro atoms. The minimum atomic E-state index is 0.162. The highest BCUT2D eigenvalue weighted by atomic mass is 16.5. The van der Waals surface area contributed by atoms with Gasteiger partial charge in [0.1, 0.15) is 24.0 Å². The van der Waals surface area contributed by atoms with Crippen LogP contribution in [0.5, 0.6) is 5.75 Å². The van der Waals surface area contributed by atoms with Crippen molar-refractivity contribution in [1.82, 2.24) is 4.98 Å². The first kappa shape index (κ1) is 11.9. The van der Waals surface area contributed by atoms with Crippen molar-refractivity contribution in [2.45, 2.75) is 32.8 Å². The zero-order valence-electron chi connectivity index (χ0n) is 10.2. The number of nitrogens with zero attached hydrogens (tertiary/aromatic N) is 2. The van der Waals surface area contributed by atoms with Crippen LogP contribution >= 0.6 is 0 Å². The highest BCUT2D eigenvalue weighted by Crippen LogP contribution is 2.22. The fourth-order valence-corrected chi connectivity index (χ4v) is 2.00. The summed E-state index contributed by atoms with van der Waals surface area (Å²) in [6, 6.07) is 3.94. The third kappa shape index (κ3) is 2.75. The van der Waals surface area contributed by atoms with Crippen LogP contribution in [0.3, 0.4) is 0 Å². The molecule has 90 valence electrons. The van der Waals surface area contributed by atoms with Gasteiger partial charge in [-0.25, -0.2) is 0 Å². The number of hydrogen-bond donors (Lipinski definition) is 0. The van der Waals surface area contributed by atoms with Crippen molar-refractivity contribution >= 4 is 0 Å². The maximum atomic E-state index is 9.08. The summed E-state index contributed by atoms with van der Waals surface area (Å²) in [6.45, 7) is 5.04. The van der Waals surface area contributed by atoms with Gasteiger partial charge in [0.15, 0.2) is 0 Å². The van der Waals surface area contributed by atoms with Crippen LogP contribution in [-0.4, -0.2) is 24.3 Å². The number of hydrogen-bond acceptors (Lipinski definition) is 4. The van der Waals surface area contributed by atoms with Crippen LogP contribution in [0.1, 0.15) is 29.8 Å². The molecule has 1 aliphatic heterocycles. The average molecular weight is 232 g/mol. The fraction of sp³-hybridized carbons (Fsp3) is 0.538. The lowest BCUT2D eigenvalue weighted by Crippen LogP contribution is -2.17. The van der Waals surface area contributed by atoms with E-state index in [0.29, 0.717) is 17.9 Å². The van der Waals surface area contributed by atoms with Crippen LogP contribution in [0, 0.1) is 25.2 Å². The third-order valence-electron chi connectivity index (χ3n) is 2.85. The summed E-state index contributed by atoms with van der Waals surface area (Å²) in [4.78, 5) is 4.25. The van der Waals surface area contributed by atoms with Crippen LogP contribution in [-0.2, 0) is 4.74 Å². The van der Waals surface area contributed by atoms with Crippen molar-refractivity contribution in [2.24, 2.45) is 0 Å². The first-order chi connectivity index (χ1) is 8.20. The summed E-state index contributed by atoms with van der Waals surface area (Å²) in [5, 5.41) is 9.08. The molecule has 0 aliphatic carbocycles. The Morgan fingerprint density at radius 1 is 1.59 bits per heavy atom. The van der Waals surface area contributed by atoms with E-state index in [-0.39, 0.29) is 6.10 Å². The standard InChI is InChI=1S/C13H16N2O2/c1-9-6-13(12(7-14)10(2)15-9)17-8-11-4-3-5-16-11/h6,11H,3-5,8H2,1-2H3. The van der Waals surface area contributed by atoms with Gasteiger partial charge in [0.05, 0.1) is 11.8 Å². The van der Waals surface area contributed by atoms with E-state index in [1.54, 1.807) is 6.07 Å². The van der Waals surface area contributed by atoms with E-state index >= 15 is 0 Å². The van der Waals surface area contributed by atoms with E-state index in [2.05, 4.69) is 11.1 Å². The van der Waals surface area contributed by atoms with E-state index in [4.69, 9.17) is 14.7 Å². The van der Waals surface area contributed by atoms with Crippen molar-refractivity contribution in [1.29, 1.82) is 5.26 Å². The van der Waals surface area contributed by atoms with Gasteiger partial charge < -0.3 is 9.47 Å². The van der Waals surface area contributed by atoms with Gasteiger partial charge in [0.2, 0.25) is 0 Å². The Morgan fingerprint density at radius 3 is 3.06 bits per heavy atom. The van der Waals surface area contributed by atoms with Crippen molar-refractivity contribution in [3.8, 4) is 11.8 Å². The van der Waals surface area contributed by atoms with Gasteiger partial charge in [-0.15, -0.1) is 0 Å². The smallest absolute Gasteiger partial charge is 0.140 e. The highest BCUT2D eigenvalue weighted by Gasteiger charge is 2.17. The maximum absolute atomic E-state index is 9.08. The van der Waals surface area contributed by atoms with E-state index in [9.17, 15) is 0 Å². The molecule has 4 nitrogen and oxygen atoms in total. The summed E-state index contributed by atoms with van der Waals surface area (Å²) < 4.78 is 11.2. The van der Waals surface area contributed by atoms with Crippen LogP contribution in [0.2, 0.25) is 0 Å². The molecule has 1 aromatic heterocycles. The Balaban J connectivity index is 2.11. The van der Waals surface area contributed by atoms with E-state index in [1.165, 1.54) is 0 Å². The lowest BCUT2D eigenvalue weighted by Gasteiger charge is -2.13. The molecule has 1 saturated heterocycles. The van der Waals surface area contributed by atoms with Gasteiger partial charge in [-0.3, -0.25) is 4.98 Å². The van der Waals surface area contributed by atoms with Crippen molar-refractivity contribution in [3.63, 3.8) is 0 Å². The molecular formula is C13H16N2O2. The van der Waals surface area contributed by atoms with Gasteiger partial charge in [-0.2, -0.15) is 5.26 Å². The van der Waals surface area contributed by atoms with Crippen LogP contribution in [0.25, 0.3) is 0 Å². The summed E-state index contributed by atoms with van der Waals surface area (Å²) in [5.41, 5.74) is 2.10. The highest BCUT2D eigenvalue weighted by molar-refractivity contribution is 5.46. The topological polar surface area (TPSA) is 55.1 Å². The Morgan fingerprint density at radius 2 is 2.41 bits per heavy atom. The van der Waals surface area contributed by atoms with Gasteiger partial charge in [0, 0.05) is 18.4 Å². The average Bonchev–Trinajstić information content (AvgIpc) is 2.78. The summed E-state index contributed by atoms with van der Waals surface area (Å²) >= 11 is 0. The largest absolute Gasteiger partial charge is 0.489 e. The van der Waals surface area contributed by atoms with Crippen molar-refractivity contribution < 1.29 is 9.47 Å². The summed E-state index contributed by atoms with van der Waals surface area (Å²) in [5.74, 6) is 0.619. The predicted octanol–water partition coefficient (Wildman–Crippen LogP) is 2.13. The number of ether oxygens (including phenoxy) is 2. The van der Waals surface area contributed by atoms with Gasteiger partial charge in [0.25, 0.3) is 0 Å². The lowest BCUT2D eigenvalue weighted by atomic mass is 10.2. The number of aromatic nitrogens is 1. The third-order valence-corrected chi connectivity index (χ3v) is 2.85. The second-order valence-corrected chi connectivity index (χ2v) is 4.28. The fourth-order valence-electron chi connectivity index (χ4n) is 2.00. The number of aryl methyl sites for hydroxylation is 2. The van der Waals surface area contributed by atoms with E-state index in [0.717, 1.165) is 30.8 Å². The normalized spacial score (nSPS) is 19.0. The second-order valence-electron chi connectivity index (χ2n) is 4.28. The molecule has 0 saturated carbocycles. The molecule has 1 aliphatic rings. The minimum Gasteiger partial charge on any atom is -0.489 e. The molecule has 0 amide bonds. The molecule has 1 atom stereocenters. The van der Waals surface area contributed by atoms with Crippen molar-refractivity contribution in [2.75, 3.05) is 13.2 Å². The molecule has 0 radical (unpaired) electrons. The second kappa shape index (κ2) is 5.15. The van der Waals surface area contributed by atoms with Crippen LogP contribution in [0.15, 0.2) is 6.07 Å². The summed E-state index contributed by atoms with van der Waals surface area (Å²) in [7, 11) is 0.